The predicted molar refractivity (Wildman–Crippen MR) is 83.5 cm³/mol. The highest BCUT2D eigenvalue weighted by Crippen LogP contribution is 2.24. The summed E-state index contributed by atoms with van der Waals surface area (Å²) in [6.07, 6.45) is 1.28. The van der Waals surface area contributed by atoms with Gasteiger partial charge in [-0.15, -0.1) is 0 Å². The second kappa shape index (κ2) is 8.45. The van der Waals surface area contributed by atoms with Crippen LogP contribution in [0.1, 0.15) is 23.7 Å². The van der Waals surface area contributed by atoms with Gasteiger partial charge in [-0.25, -0.2) is 0 Å². The molecule has 0 heterocycles. The first-order valence-electron chi connectivity index (χ1n) is 7.24. The summed E-state index contributed by atoms with van der Waals surface area (Å²) in [4.78, 5) is 0. The molecule has 1 atom stereocenters. The molecule has 0 aliphatic rings. The van der Waals surface area contributed by atoms with Gasteiger partial charge < -0.3 is 14.6 Å². The zero-order valence-corrected chi connectivity index (χ0v) is 12.4. The van der Waals surface area contributed by atoms with Gasteiger partial charge in [0.2, 0.25) is 0 Å². The maximum atomic E-state index is 10.1. The third-order valence-electron chi connectivity index (χ3n) is 3.37. The molecule has 2 aromatic carbocycles. The summed E-state index contributed by atoms with van der Waals surface area (Å²) in [5, 5.41) is 10.1. The number of para-hydroxylation sites is 1. The van der Waals surface area contributed by atoms with Gasteiger partial charge in [0.05, 0.1) is 13.7 Å². The molecule has 0 amide bonds. The second-order valence-corrected chi connectivity index (χ2v) is 4.92. The maximum Gasteiger partial charge on any atom is 0.124 e. The molecule has 2 aromatic rings. The lowest BCUT2D eigenvalue weighted by molar-refractivity contribution is 0.0340. The topological polar surface area (TPSA) is 38.7 Å². The van der Waals surface area contributed by atoms with Crippen molar-refractivity contribution in [1.82, 2.24) is 0 Å². The van der Waals surface area contributed by atoms with Gasteiger partial charge >= 0.3 is 0 Å². The largest absolute Gasteiger partial charge is 0.496 e. The van der Waals surface area contributed by atoms with Gasteiger partial charge in [-0.2, -0.15) is 0 Å². The van der Waals surface area contributed by atoms with E-state index in [2.05, 4.69) is 12.1 Å². The van der Waals surface area contributed by atoms with Gasteiger partial charge in [-0.05, 0) is 24.5 Å². The fourth-order valence-corrected chi connectivity index (χ4v) is 2.25. The van der Waals surface area contributed by atoms with E-state index in [-0.39, 0.29) is 6.61 Å². The van der Waals surface area contributed by atoms with Crippen LogP contribution >= 0.6 is 0 Å². The third kappa shape index (κ3) is 4.88. The molecule has 3 heteroatoms. The Labute approximate surface area is 126 Å². The quantitative estimate of drug-likeness (QED) is 0.756. The van der Waals surface area contributed by atoms with E-state index in [1.54, 1.807) is 7.11 Å². The van der Waals surface area contributed by atoms with Crippen LogP contribution in [0.25, 0.3) is 0 Å². The van der Waals surface area contributed by atoms with Crippen molar-refractivity contribution in [2.24, 2.45) is 0 Å². The van der Waals surface area contributed by atoms with Gasteiger partial charge in [0.1, 0.15) is 11.9 Å². The number of aliphatic hydroxyl groups is 1. The van der Waals surface area contributed by atoms with Crippen LogP contribution in [0.2, 0.25) is 0 Å². The molecule has 0 saturated heterocycles. The highest BCUT2D eigenvalue weighted by molar-refractivity contribution is 5.34. The standard InChI is InChI=1S/C18H22O3/c1-20-18-12-6-5-11-16(18)17(19)14-21-13-7-10-15-8-3-2-4-9-15/h2-6,8-9,11-12,17,19H,7,10,13-14H2,1H3. The summed E-state index contributed by atoms with van der Waals surface area (Å²) >= 11 is 0. The smallest absolute Gasteiger partial charge is 0.124 e. The average molecular weight is 286 g/mol. The Hall–Kier alpha value is -1.84. The van der Waals surface area contributed by atoms with E-state index in [4.69, 9.17) is 9.47 Å². The Morgan fingerprint density at radius 1 is 1.00 bits per heavy atom. The van der Waals surface area contributed by atoms with E-state index < -0.39 is 6.10 Å². The molecular weight excluding hydrogens is 264 g/mol. The maximum absolute atomic E-state index is 10.1. The minimum Gasteiger partial charge on any atom is -0.496 e. The minimum atomic E-state index is -0.655. The Bertz CT molecular complexity index is 525. The van der Waals surface area contributed by atoms with Gasteiger partial charge in [-0.1, -0.05) is 48.5 Å². The Kier molecular flexibility index (Phi) is 6.25. The lowest BCUT2D eigenvalue weighted by Crippen LogP contribution is -2.09. The first kappa shape index (κ1) is 15.5. The molecule has 1 unspecified atom stereocenters. The molecule has 3 nitrogen and oxygen atoms in total. The normalized spacial score (nSPS) is 12.1. The molecule has 0 radical (unpaired) electrons. The Morgan fingerprint density at radius 3 is 2.48 bits per heavy atom. The molecule has 21 heavy (non-hydrogen) atoms. The lowest BCUT2D eigenvalue weighted by atomic mass is 10.1. The molecule has 0 aliphatic heterocycles. The molecular formula is C18H22O3. The van der Waals surface area contributed by atoms with Crippen LogP contribution in [0.4, 0.5) is 0 Å². The van der Waals surface area contributed by atoms with E-state index in [1.807, 2.05) is 42.5 Å². The number of hydrogen-bond donors (Lipinski definition) is 1. The van der Waals surface area contributed by atoms with Crippen molar-refractivity contribution in [3.05, 3.63) is 65.7 Å². The number of hydrogen-bond acceptors (Lipinski definition) is 3. The number of aryl methyl sites for hydroxylation is 1. The summed E-state index contributed by atoms with van der Waals surface area (Å²) in [6.45, 7) is 0.927. The lowest BCUT2D eigenvalue weighted by Gasteiger charge is -2.14. The van der Waals surface area contributed by atoms with Gasteiger partial charge in [0.25, 0.3) is 0 Å². The molecule has 0 aliphatic carbocycles. The SMILES string of the molecule is COc1ccccc1C(O)COCCCc1ccccc1. The molecule has 112 valence electrons. The van der Waals surface area contributed by atoms with Crippen molar-refractivity contribution < 1.29 is 14.6 Å². The summed E-state index contributed by atoms with van der Waals surface area (Å²) < 4.78 is 10.8. The van der Waals surface area contributed by atoms with Crippen LogP contribution in [0.3, 0.4) is 0 Å². The molecule has 0 saturated carbocycles. The third-order valence-corrected chi connectivity index (χ3v) is 3.37. The first-order chi connectivity index (χ1) is 10.3. The Balaban J connectivity index is 1.71. The van der Waals surface area contributed by atoms with Crippen molar-refractivity contribution in [3.63, 3.8) is 0 Å². The average Bonchev–Trinajstić information content (AvgIpc) is 2.55. The number of ether oxygens (including phenoxy) is 2. The summed E-state index contributed by atoms with van der Waals surface area (Å²) in [6, 6.07) is 17.8. The van der Waals surface area contributed by atoms with Crippen LogP contribution in [0.15, 0.2) is 54.6 Å². The molecule has 0 fully saturated rings. The van der Waals surface area contributed by atoms with Crippen LogP contribution in [0, 0.1) is 0 Å². The van der Waals surface area contributed by atoms with Crippen molar-refractivity contribution in [2.75, 3.05) is 20.3 Å². The molecule has 2 rings (SSSR count). The predicted octanol–water partition coefficient (Wildman–Crippen LogP) is 3.38. The van der Waals surface area contributed by atoms with Gasteiger partial charge in [-0.3, -0.25) is 0 Å². The van der Waals surface area contributed by atoms with Crippen LogP contribution in [0.5, 0.6) is 5.75 Å². The fourth-order valence-electron chi connectivity index (χ4n) is 2.25. The fraction of sp³-hybridized carbons (Fsp3) is 0.333. The molecule has 0 bridgehead atoms. The Morgan fingerprint density at radius 2 is 1.71 bits per heavy atom. The number of benzene rings is 2. The summed E-state index contributed by atoms with van der Waals surface area (Å²) in [7, 11) is 1.60. The number of aliphatic hydroxyl groups excluding tert-OH is 1. The van der Waals surface area contributed by atoms with Crippen LogP contribution < -0.4 is 4.74 Å². The minimum absolute atomic E-state index is 0.287. The molecule has 1 N–H and O–H groups in total. The van der Waals surface area contributed by atoms with Crippen LogP contribution in [-0.4, -0.2) is 25.4 Å². The first-order valence-corrected chi connectivity index (χ1v) is 7.24. The van der Waals surface area contributed by atoms with Crippen LogP contribution in [-0.2, 0) is 11.2 Å². The highest BCUT2D eigenvalue weighted by atomic mass is 16.5. The van der Waals surface area contributed by atoms with Crippen molar-refractivity contribution in [1.29, 1.82) is 0 Å². The summed E-state index contributed by atoms with van der Waals surface area (Å²) in [5.41, 5.74) is 2.08. The van der Waals surface area contributed by atoms with E-state index in [1.165, 1.54) is 5.56 Å². The molecule has 0 aromatic heterocycles. The van der Waals surface area contributed by atoms with Crippen molar-refractivity contribution >= 4 is 0 Å². The van der Waals surface area contributed by atoms with Gasteiger partial charge in [0.15, 0.2) is 0 Å². The second-order valence-electron chi connectivity index (χ2n) is 4.92. The number of methoxy groups -OCH3 is 1. The van der Waals surface area contributed by atoms with Crippen molar-refractivity contribution in [3.8, 4) is 5.75 Å². The van der Waals surface area contributed by atoms with E-state index >= 15 is 0 Å². The van der Waals surface area contributed by atoms with Crippen molar-refractivity contribution in [2.45, 2.75) is 18.9 Å². The van der Waals surface area contributed by atoms with Gasteiger partial charge in [0, 0.05) is 12.2 Å². The van der Waals surface area contributed by atoms with E-state index in [0.717, 1.165) is 18.4 Å². The van der Waals surface area contributed by atoms with E-state index in [9.17, 15) is 5.11 Å². The molecule has 0 spiro atoms. The zero-order valence-electron chi connectivity index (χ0n) is 12.4. The number of rotatable bonds is 8. The summed E-state index contributed by atoms with van der Waals surface area (Å²) in [5.74, 6) is 0.692. The zero-order chi connectivity index (χ0) is 14.9. The van der Waals surface area contributed by atoms with E-state index in [0.29, 0.717) is 12.4 Å². The highest BCUT2D eigenvalue weighted by Gasteiger charge is 2.12. The monoisotopic (exact) mass is 286 g/mol.